The summed E-state index contributed by atoms with van der Waals surface area (Å²) in [4.78, 5) is 28.6. The van der Waals surface area contributed by atoms with Crippen molar-refractivity contribution < 1.29 is 14.7 Å². The van der Waals surface area contributed by atoms with Crippen molar-refractivity contribution in [3.8, 4) is 0 Å². The van der Waals surface area contributed by atoms with Crippen LogP contribution in [0, 0.1) is 0 Å². The number of carboxylic acid groups (broad SMARTS) is 1. The number of nitrogens with zero attached hydrogens (tertiary/aromatic N) is 2. The molecule has 0 saturated carbocycles. The number of urea groups is 1. The predicted molar refractivity (Wildman–Crippen MR) is 70.1 cm³/mol. The summed E-state index contributed by atoms with van der Waals surface area (Å²) >= 11 is 1.49. The maximum Gasteiger partial charge on any atom is 0.322 e. The van der Waals surface area contributed by atoms with Crippen LogP contribution in [0.2, 0.25) is 0 Å². The second-order valence-electron chi connectivity index (χ2n) is 4.22. The van der Waals surface area contributed by atoms with Gasteiger partial charge in [0.15, 0.2) is 0 Å². The number of aromatic nitrogens is 1. The van der Waals surface area contributed by atoms with E-state index in [4.69, 9.17) is 5.11 Å². The minimum atomic E-state index is -0.925. The van der Waals surface area contributed by atoms with E-state index in [1.165, 1.54) is 16.2 Å². The van der Waals surface area contributed by atoms with Gasteiger partial charge in [0.05, 0.1) is 16.8 Å². The number of thiazole rings is 1. The van der Waals surface area contributed by atoms with Gasteiger partial charge in [0.25, 0.3) is 0 Å². The average molecular weight is 271 g/mol. The molecule has 100 valence electrons. The van der Waals surface area contributed by atoms with Crippen molar-refractivity contribution in [3.63, 3.8) is 0 Å². The lowest BCUT2D eigenvalue weighted by atomic mass is 10.2. The van der Waals surface area contributed by atoms with Crippen molar-refractivity contribution >= 4 is 29.2 Å². The van der Waals surface area contributed by atoms with Gasteiger partial charge in [0.1, 0.15) is 5.82 Å². The molecular formula is C11H17N3O3S. The number of hydrogen-bond acceptors (Lipinski definition) is 4. The lowest BCUT2D eigenvalue weighted by Crippen LogP contribution is -2.33. The SMILES string of the molecule is CC(C)c1scnc1NC(=O)N(C)CCC(=O)O. The largest absolute Gasteiger partial charge is 0.481 e. The van der Waals surface area contributed by atoms with Gasteiger partial charge in [-0.25, -0.2) is 9.78 Å². The van der Waals surface area contributed by atoms with Crippen LogP contribution in [0.3, 0.4) is 0 Å². The third-order valence-electron chi connectivity index (χ3n) is 2.35. The van der Waals surface area contributed by atoms with Gasteiger partial charge in [-0.3, -0.25) is 10.1 Å². The topological polar surface area (TPSA) is 82.5 Å². The molecule has 0 spiro atoms. The fraction of sp³-hybridized carbons (Fsp3) is 0.545. The minimum absolute atomic E-state index is 0.0714. The molecule has 0 radical (unpaired) electrons. The van der Waals surface area contributed by atoms with Gasteiger partial charge >= 0.3 is 12.0 Å². The molecular weight excluding hydrogens is 254 g/mol. The quantitative estimate of drug-likeness (QED) is 0.860. The summed E-state index contributed by atoms with van der Waals surface area (Å²) < 4.78 is 0. The molecule has 18 heavy (non-hydrogen) atoms. The summed E-state index contributed by atoms with van der Waals surface area (Å²) in [6.07, 6.45) is -0.0714. The van der Waals surface area contributed by atoms with Crippen LogP contribution < -0.4 is 5.32 Å². The highest BCUT2D eigenvalue weighted by molar-refractivity contribution is 7.10. The molecule has 0 aliphatic rings. The summed E-state index contributed by atoms with van der Waals surface area (Å²) in [6.45, 7) is 4.22. The van der Waals surface area contributed by atoms with E-state index >= 15 is 0 Å². The molecule has 0 aliphatic carbocycles. The number of rotatable bonds is 5. The van der Waals surface area contributed by atoms with E-state index < -0.39 is 5.97 Å². The molecule has 0 aromatic carbocycles. The molecule has 0 fully saturated rings. The lowest BCUT2D eigenvalue weighted by Gasteiger charge is -2.16. The average Bonchev–Trinajstić information content (AvgIpc) is 2.73. The molecule has 0 saturated heterocycles. The zero-order valence-corrected chi connectivity index (χ0v) is 11.5. The van der Waals surface area contributed by atoms with Crippen LogP contribution in [0.25, 0.3) is 0 Å². The maximum atomic E-state index is 11.8. The Labute approximate surface area is 110 Å². The van der Waals surface area contributed by atoms with E-state index in [1.807, 2.05) is 13.8 Å². The molecule has 0 unspecified atom stereocenters. The van der Waals surface area contributed by atoms with Gasteiger partial charge < -0.3 is 10.0 Å². The Morgan fingerprint density at radius 3 is 2.78 bits per heavy atom. The Hall–Kier alpha value is -1.63. The number of aliphatic carboxylic acids is 1. The molecule has 6 nitrogen and oxygen atoms in total. The summed E-state index contributed by atoms with van der Waals surface area (Å²) in [5.41, 5.74) is 1.68. The zero-order valence-electron chi connectivity index (χ0n) is 10.6. The van der Waals surface area contributed by atoms with Crippen LogP contribution in [0.5, 0.6) is 0 Å². The van der Waals surface area contributed by atoms with Gasteiger partial charge in [0, 0.05) is 13.6 Å². The van der Waals surface area contributed by atoms with E-state index in [1.54, 1.807) is 12.6 Å². The molecule has 7 heteroatoms. The Bertz CT molecular complexity index is 431. The Morgan fingerprint density at radius 2 is 2.22 bits per heavy atom. The fourth-order valence-corrected chi connectivity index (χ4v) is 2.08. The second kappa shape index (κ2) is 6.34. The minimum Gasteiger partial charge on any atom is -0.481 e. The highest BCUT2D eigenvalue weighted by atomic mass is 32.1. The van der Waals surface area contributed by atoms with Crippen LogP contribution in [-0.2, 0) is 4.79 Å². The molecule has 0 aliphatic heterocycles. The number of amides is 2. The molecule has 1 heterocycles. The van der Waals surface area contributed by atoms with Crippen LogP contribution in [-0.4, -0.2) is 40.6 Å². The van der Waals surface area contributed by atoms with Gasteiger partial charge in [-0.15, -0.1) is 11.3 Å². The van der Waals surface area contributed by atoms with Crippen molar-refractivity contribution in [2.75, 3.05) is 18.9 Å². The maximum absolute atomic E-state index is 11.8. The smallest absolute Gasteiger partial charge is 0.322 e. The molecule has 1 rings (SSSR count). The highest BCUT2D eigenvalue weighted by Crippen LogP contribution is 2.27. The number of carboxylic acids is 1. The summed E-state index contributed by atoms with van der Waals surface area (Å²) in [6, 6.07) is -0.343. The standard InChI is InChI=1S/C11H17N3O3S/c1-7(2)9-10(12-6-18-9)13-11(17)14(3)5-4-8(15)16/h6-7H,4-5H2,1-3H3,(H,13,17)(H,15,16). The van der Waals surface area contributed by atoms with Crippen LogP contribution in [0.4, 0.5) is 10.6 Å². The lowest BCUT2D eigenvalue weighted by molar-refractivity contribution is -0.137. The first kappa shape index (κ1) is 14.4. The Kier molecular flexibility index (Phi) is 5.08. The van der Waals surface area contributed by atoms with Gasteiger partial charge in [-0.1, -0.05) is 13.8 Å². The molecule has 0 atom stereocenters. The number of carbonyl (C=O) groups is 2. The Morgan fingerprint density at radius 1 is 1.56 bits per heavy atom. The summed E-state index contributed by atoms with van der Waals surface area (Å²) in [5.74, 6) is -0.0783. The number of carbonyl (C=O) groups excluding carboxylic acids is 1. The van der Waals surface area contributed by atoms with E-state index in [-0.39, 0.29) is 24.9 Å². The first-order valence-electron chi connectivity index (χ1n) is 5.59. The van der Waals surface area contributed by atoms with Crippen LogP contribution in [0.1, 0.15) is 31.1 Å². The van der Waals surface area contributed by atoms with E-state index in [9.17, 15) is 9.59 Å². The van der Waals surface area contributed by atoms with Crippen molar-refractivity contribution in [2.45, 2.75) is 26.2 Å². The third-order valence-corrected chi connectivity index (χ3v) is 3.48. The van der Waals surface area contributed by atoms with Crippen LogP contribution in [0.15, 0.2) is 5.51 Å². The monoisotopic (exact) mass is 271 g/mol. The first-order chi connectivity index (χ1) is 8.41. The van der Waals surface area contributed by atoms with E-state index in [0.717, 1.165) is 4.88 Å². The van der Waals surface area contributed by atoms with E-state index in [2.05, 4.69) is 10.3 Å². The van der Waals surface area contributed by atoms with Gasteiger partial charge in [-0.2, -0.15) is 0 Å². The molecule has 1 aromatic heterocycles. The normalized spacial score (nSPS) is 10.4. The first-order valence-corrected chi connectivity index (χ1v) is 6.47. The zero-order chi connectivity index (χ0) is 13.7. The third kappa shape index (κ3) is 3.99. The molecule has 1 aromatic rings. The number of hydrogen-bond donors (Lipinski definition) is 2. The number of anilines is 1. The van der Waals surface area contributed by atoms with Gasteiger partial charge in [0.2, 0.25) is 0 Å². The Balaban J connectivity index is 2.58. The van der Waals surface area contributed by atoms with Crippen molar-refractivity contribution in [1.82, 2.24) is 9.88 Å². The van der Waals surface area contributed by atoms with E-state index in [0.29, 0.717) is 5.82 Å². The number of nitrogens with one attached hydrogen (secondary N) is 1. The predicted octanol–water partition coefficient (Wildman–Crippen LogP) is 2.20. The molecule has 0 bridgehead atoms. The van der Waals surface area contributed by atoms with Gasteiger partial charge in [-0.05, 0) is 5.92 Å². The van der Waals surface area contributed by atoms with Crippen molar-refractivity contribution in [1.29, 1.82) is 0 Å². The second-order valence-corrected chi connectivity index (χ2v) is 5.10. The summed E-state index contributed by atoms with van der Waals surface area (Å²) in [7, 11) is 1.56. The molecule has 2 N–H and O–H groups in total. The molecule has 2 amide bonds. The fourth-order valence-electron chi connectivity index (χ4n) is 1.32. The summed E-state index contributed by atoms with van der Waals surface area (Å²) in [5, 5.41) is 11.2. The highest BCUT2D eigenvalue weighted by Gasteiger charge is 2.15. The van der Waals surface area contributed by atoms with Crippen LogP contribution >= 0.6 is 11.3 Å². The van der Waals surface area contributed by atoms with Crippen molar-refractivity contribution in [2.24, 2.45) is 0 Å². The van der Waals surface area contributed by atoms with Crippen molar-refractivity contribution in [3.05, 3.63) is 10.4 Å².